The van der Waals surface area contributed by atoms with Crippen molar-refractivity contribution < 1.29 is 0 Å². The second-order valence-corrected chi connectivity index (χ2v) is 5.75. The van der Waals surface area contributed by atoms with E-state index in [0.29, 0.717) is 5.13 Å². The third kappa shape index (κ3) is 1.95. The highest BCUT2D eigenvalue weighted by Crippen LogP contribution is 2.28. The van der Waals surface area contributed by atoms with Gasteiger partial charge >= 0.3 is 0 Å². The van der Waals surface area contributed by atoms with Crippen molar-refractivity contribution >= 4 is 16.5 Å². The van der Waals surface area contributed by atoms with Gasteiger partial charge in [-0.2, -0.15) is 5.10 Å². The lowest BCUT2D eigenvalue weighted by atomic mass is 9.92. The third-order valence-electron chi connectivity index (χ3n) is 2.43. The van der Waals surface area contributed by atoms with E-state index in [0.717, 1.165) is 17.1 Å². The van der Waals surface area contributed by atoms with Crippen LogP contribution in [0.3, 0.4) is 0 Å². The molecule has 86 valence electrons. The van der Waals surface area contributed by atoms with Crippen molar-refractivity contribution in [2.45, 2.75) is 26.2 Å². The van der Waals surface area contributed by atoms with Crippen LogP contribution in [0.4, 0.5) is 5.13 Å². The van der Waals surface area contributed by atoms with Crippen molar-refractivity contribution in [1.29, 1.82) is 0 Å². The van der Waals surface area contributed by atoms with Gasteiger partial charge in [0.1, 0.15) is 5.69 Å². The minimum atomic E-state index is 0.0532. The van der Waals surface area contributed by atoms with E-state index in [4.69, 9.17) is 5.73 Å². The highest BCUT2D eigenvalue weighted by molar-refractivity contribution is 7.13. The van der Waals surface area contributed by atoms with E-state index in [1.54, 1.807) is 0 Å². The number of nitrogens with two attached hydrogens (primary N) is 1. The first kappa shape index (κ1) is 11.1. The van der Waals surface area contributed by atoms with Gasteiger partial charge in [-0.15, -0.1) is 11.3 Å². The predicted molar refractivity (Wildman–Crippen MR) is 67.4 cm³/mol. The van der Waals surface area contributed by atoms with Gasteiger partial charge in [0.25, 0.3) is 0 Å². The van der Waals surface area contributed by atoms with Gasteiger partial charge in [0.05, 0.1) is 11.4 Å². The van der Waals surface area contributed by atoms with Crippen molar-refractivity contribution in [3.05, 3.63) is 17.1 Å². The predicted octanol–water partition coefficient (Wildman–Crippen LogP) is 2.42. The summed E-state index contributed by atoms with van der Waals surface area (Å²) in [5.41, 5.74) is 8.66. The minimum absolute atomic E-state index is 0.0532. The molecular formula is C11H16N4S. The van der Waals surface area contributed by atoms with Gasteiger partial charge in [-0.3, -0.25) is 4.68 Å². The fourth-order valence-corrected chi connectivity index (χ4v) is 2.04. The lowest BCUT2D eigenvalue weighted by Crippen LogP contribution is -2.12. The van der Waals surface area contributed by atoms with Crippen molar-refractivity contribution in [1.82, 2.24) is 14.8 Å². The van der Waals surface area contributed by atoms with Crippen LogP contribution in [0, 0.1) is 0 Å². The van der Waals surface area contributed by atoms with E-state index >= 15 is 0 Å². The highest BCUT2D eigenvalue weighted by atomic mass is 32.1. The molecule has 2 rings (SSSR count). The summed E-state index contributed by atoms with van der Waals surface area (Å²) in [7, 11) is 1.93. The van der Waals surface area contributed by atoms with Crippen molar-refractivity contribution in [2.75, 3.05) is 5.73 Å². The summed E-state index contributed by atoms with van der Waals surface area (Å²) in [5.74, 6) is 0. The molecule has 0 aliphatic carbocycles. The molecule has 2 N–H and O–H groups in total. The van der Waals surface area contributed by atoms with E-state index < -0.39 is 0 Å². The highest BCUT2D eigenvalue weighted by Gasteiger charge is 2.20. The van der Waals surface area contributed by atoms with Crippen molar-refractivity contribution in [3.63, 3.8) is 0 Å². The number of nitrogens with zero attached hydrogens (tertiary/aromatic N) is 3. The zero-order valence-electron chi connectivity index (χ0n) is 9.98. The lowest BCUT2D eigenvalue weighted by molar-refractivity contribution is 0.553. The molecule has 0 saturated heterocycles. The Labute approximate surface area is 99.1 Å². The lowest BCUT2D eigenvalue weighted by Gasteiger charge is -2.13. The van der Waals surface area contributed by atoms with E-state index in [-0.39, 0.29) is 5.41 Å². The molecule has 0 amide bonds. The monoisotopic (exact) mass is 236 g/mol. The van der Waals surface area contributed by atoms with Crippen molar-refractivity contribution in [3.8, 4) is 11.4 Å². The molecule has 2 heterocycles. The molecule has 0 spiro atoms. The first-order chi connectivity index (χ1) is 7.38. The normalized spacial score (nSPS) is 12.0. The number of aromatic nitrogens is 3. The van der Waals surface area contributed by atoms with Crippen LogP contribution < -0.4 is 5.73 Å². The summed E-state index contributed by atoms with van der Waals surface area (Å²) >= 11 is 1.45. The number of aryl methyl sites for hydroxylation is 1. The van der Waals surface area contributed by atoms with E-state index in [1.807, 2.05) is 17.1 Å². The molecule has 0 aliphatic rings. The fraction of sp³-hybridized carbons (Fsp3) is 0.455. The molecule has 0 radical (unpaired) electrons. The summed E-state index contributed by atoms with van der Waals surface area (Å²) < 4.78 is 1.86. The van der Waals surface area contributed by atoms with Gasteiger partial charge in [0, 0.05) is 17.8 Å². The second-order valence-electron chi connectivity index (χ2n) is 4.86. The average molecular weight is 236 g/mol. The number of rotatable bonds is 1. The molecule has 16 heavy (non-hydrogen) atoms. The Kier molecular flexibility index (Phi) is 2.50. The Balaban J connectivity index is 2.47. The summed E-state index contributed by atoms with van der Waals surface area (Å²) in [6.45, 7) is 6.44. The third-order valence-corrected chi connectivity index (χ3v) is 3.11. The smallest absolute Gasteiger partial charge is 0.180 e. The number of hydrogen-bond donors (Lipinski definition) is 1. The van der Waals surface area contributed by atoms with Gasteiger partial charge in [-0.05, 0) is 6.07 Å². The van der Waals surface area contributed by atoms with E-state index in [9.17, 15) is 0 Å². The van der Waals surface area contributed by atoms with Gasteiger partial charge in [-0.1, -0.05) is 20.8 Å². The van der Waals surface area contributed by atoms with Crippen LogP contribution in [0.15, 0.2) is 11.4 Å². The topological polar surface area (TPSA) is 56.7 Å². The first-order valence-corrected chi connectivity index (χ1v) is 6.02. The molecular weight excluding hydrogens is 220 g/mol. The molecule has 0 fully saturated rings. The minimum Gasteiger partial charge on any atom is -0.375 e. The number of thiazole rings is 1. The largest absolute Gasteiger partial charge is 0.375 e. The maximum Gasteiger partial charge on any atom is 0.180 e. The molecule has 0 aromatic carbocycles. The first-order valence-electron chi connectivity index (χ1n) is 5.14. The van der Waals surface area contributed by atoms with Gasteiger partial charge in [-0.25, -0.2) is 4.98 Å². The number of anilines is 1. The Morgan fingerprint density at radius 3 is 2.50 bits per heavy atom. The zero-order chi connectivity index (χ0) is 11.9. The zero-order valence-corrected chi connectivity index (χ0v) is 10.8. The van der Waals surface area contributed by atoms with Crippen LogP contribution in [-0.4, -0.2) is 14.8 Å². The Morgan fingerprint density at radius 1 is 1.38 bits per heavy atom. The Hall–Kier alpha value is -1.36. The summed E-state index contributed by atoms with van der Waals surface area (Å²) in [6.07, 6.45) is 0. The van der Waals surface area contributed by atoms with E-state index in [2.05, 4.69) is 36.9 Å². The molecule has 0 aliphatic heterocycles. The van der Waals surface area contributed by atoms with Crippen LogP contribution in [0.25, 0.3) is 11.4 Å². The second kappa shape index (κ2) is 3.59. The maximum atomic E-state index is 5.64. The molecule has 0 bridgehead atoms. The maximum absolute atomic E-state index is 5.64. The van der Waals surface area contributed by atoms with Crippen LogP contribution >= 0.6 is 11.3 Å². The standard InChI is InChI=1S/C11H16N4S/c1-11(2,3)9-5-8(15(4)14-9)7-6-16-10(12)13-7/h5-6H,1-4H3,(H2,12,13). The quantitative estimate of drug-likeness (QED) is 0.827. The van der Waals surface area contributed by atoms with Gasteiger partial charge in [0.2, 0.25) is 0 Å². The van der Waals surface area contributed by atoms with Crippen LogP contribution in [0.1, 0.15) is 26.5 Å². The van der Waals surface area contributed by atoms with E-state index in [1.165, 1.54) is 11.3 Å². The summed E-state index contributed by atoms with van der Waals surface area (Å²) in [5, 5.41) is 7.06. The average Bonchev–Trinajstić information content (AvgIpc) is 2.70. The SMILES string of the molecule is Cn1nc(C(C)(C)C)cc1-c1csc(N)n1. The van der Waals surface area contributed by atoms with Crippen molar-refractivity contribution in [2.24, 2.45) is 7.05 Å². The van der Waals surface area contributed by atoms with Crippen LogP contribution in [0.5, 0.6) is 0 Å². The molecule has 0 saturated carbocycles. The number of hydrogen-bond acceptors (Lipinski definition) is 4. The molecule has 2 aromatic rings. The van der Waals surface area contributed by atoms with Crippen LogP contribution in [0.2, 0.25) is 0 Å². The number of nitrogen functional groups attached to an aromatic ring is 1. The van der Waals surface area contributed by atoms with Gasteiger partial charge in [0.15, 0.2) is 5.13 Å². The summed E-state index contributed by atoms with van der Waals surface area (Å²) in [4.78, 5) is 4.27. The van der Waals surface area contributed by atoms with Gasteiger partial charge < -0.3 is 5.73 Å². The molecule has 0 unspecified atom stereocenters. The molecule has 5 heteroatoms. The van der Waals surface area contributed by atoms with Crippen LogP contribution in [-0.2, 0) is 12.5 Å². The molecule has 0 atom stereocenters. The summed E-state index contributed by atoms with van der Waals surface area (Å²) in [6, 6.07) is 2.08. The molecule has 2 aromatic heterocycles. The Morgan fingerprint density at radius 2 is 2.06 bits per heavy atom. The Bertz CT molecular complexity index is 504. The fourth-order valence-electron chi connectivity index (χ4n) is 1.48. The molecule has 4 nitrogen and oxygen atoms in total.